The predicted octanol–water partition coefficient (Wildman–Crippen LogP) is 4.47. The number of nitrogens with one attached hydrogen (secondary N) is 1. The quantitative estimate of drug-likeness (QED) is 0.796. The van der Waals surface area contributed by atoms with Gasteiger partial charge < -0.3 is 5.32 Å². The molecule has 1 N–H and O–H groups in total. The summed E-state index contributed by atoms with van der Waals surface area (Å²) in [6.45, 7) is 4.63. The highest BCUT2D eigenvalue weighted by molar-refractivity contribution is 5.57. The van der Waals surface area contributed by atoms with E-state index in [1.165, 1.54) is 31.4 Å². The Morgan fingerprint density at radius 2 is 2.11 bits per heavy atom. The zero-order valence-electron chi connectivity index (χ0n) is 11.7. The van der Waals surface area contributed by atoms with E-state index >= 15 is 0 Å². The summed E-state index contributed by atoms with van der Waals surface area (Å²) in [5, 5.41) is 12.5. The van der Waals surface area contributed by atoms with Crippen molar-refractivity contribution in [2.24, 2.45) is 5.41 Å². The molecule has 1 aliphatic carbocycles. The summed E-state index contributed by atoms with van der Waals surface area (Å²) in [5.41, 5.74) is 1.56. The normalized spacial score (nSPS) is 22.3. The number of anilines is 1. The topological polar surface area (TPSA) is 35.8 Å². The minimum atomic E-state index is -0.357. The summed E-state index contributed by atoms with van der Waals surface area (Å²) < 4.78 is 13.1. The second-order valence-corrected chi connectivity index (χ2v) is 6.24. The van der Waals surface area contributed by atoms with E-state index < -0.39 is 0 Å². The zero-order valence-corrected chi connectivity index (χ0v) is 11.7. The van der Waals surface area contributed by atoms with Gasteiger partial charge in [0, 0.05) is 6.04 Å². The summed E-state index contributed by atoms with van der Waals surface area (Å²) in [5.74, 6) is -0.357. The zero-order chi connectivity index (χ0) is 13.9. The molecule has 0 radical (unpaired) electrons. The molecule has 19 heavy (non-hydrogen) atoms. The average molecular weight is 260 g/mol. The molecule has 102 valence electrons. The number of nitriles is 1. The van der Waals surface area contributed by atoms with Gasteiger partial charge in [-0.15, -0.1) is 0 Å². The van der Waals surface area contributed by atoms with Gasteiger partial charge in [0.25, 0.3) is 0 Å². The molecule has 1 unspecified atom stereocenters. The van der Waals surface area contributed by atoms with Gasteiger partial charge in [0.15, 0.2) is 0 Å². The van der Waals surface area contributed by atoms with Crippen molar-refractivity contribution in [3.05, 3.63) is 29.6 Å². The van der Waals surface area contributed by atoms with Crippen LogP contribution in [-0.4, -0.2) is 6.04 Å². The lowest BCUT2D eigenvalue weighted by atomic mass is 9.85. The predicted molar refractivity (Wildman–Crippen MR) is 75.4 cm³/mol. The fourth-order valence-corrected chi connectivity index (χ4v) is 2.76. The van der Waals surface area contributed by atoms with E-state index in [-0.39, 0.29) is 5.82 Å². The van der Waals surface area contributed by atoms with Crippen LogP contribution >= 0.6 is 0 Å². The fraction of sp³-hybridized carbons (Fsp3) is 0.562. The number of halogens is 1. The molecule has 0 saturated heterocycles. The van der Waals surface area contributed by atoms with Crippen LogP contribution in [0.1, 0.15) is 51.5 Å². The fourth-order valence-electron chi connectivity index (χ4n) is 2.76. The van der Waals surface area contributed by atoms with Crippen LogP contribution in [0.3, 0.4) is 0 Å². The number of rotatable bonds is 2. The molecule has 1 fully saturated rings. The molecular weight excluding hydrogens is 239 g/mol. The van der Waals surface area contributed by atoms with Crippen LogP contribution < -0.4 is 5.32 Å². The largest absolute Gasteiger partial charge is 0.381 e. The Kier molecular flexibility index (Phi) is 4.09. The molecule has 0 spiro atoms. The van der Waals surface area contributed by atoms with Gasteiger partial charge in [0.2, 0.25) is 0 Å². The van der Waals surface area contributed by atoms with Crippen LogP contribution in [0.15, 0.2) is 18.2 Å². The van der Waals surface area contributed by atoms with Crippen LogP contribution in [-0.2, 0) is 0 Å². The van der Waals surface area contributed by atoms with Crippen LogP contribution in [0.4, 0.5) is 10.1 Å². The van der Waals surface area contributed by atoms with E-state index in [2.05, 4.69) is 25.2 Å². The van der Waals surface area contributed by atoms with Gasteiger partial charge in [-0.3, -0.25) is 0 Å². The maximum Gasteiger partial charge on any atom is 0.124 e. The van der Waals surface area contributed by atoms with E-state index in [9.17, 15) is 4.39 Å². The minimum Gasteiger partial charge on any atom is -0.381 e. The number of hydrogen-bond acceptors (Lipinski definition) is 2. The molecule has 1 aliphatic rings. The van der Waals surface area contributed by atoms with Crippen molar-refractivity contribution in [1.29, 1.82) is 5.26 Å². The van der Waals surface area contributed by atoms with Crippen molar-refractivity contribution in [3.8, 4) is 6.07 Å². The second kappa shape index (κ2) is 5.61. The Balaban J connectivity index is 2.07. The molecule has 2 nitrogen and oxygen atoms in total. The molecule has 1 saturated carbocycles. The Morgan fingerprint density at radius 1 is 1.32 bits per heavy atom. The molecule has 3 heteroatoms. The van der Waals surface area contributed by atoms with Gasteiger partial charge in [-0.2, -0.15) is 5.26 Å². The monoisotopic (exact) mass is 260 g/mol. The van der Waals surface area contributed by atoms with E-state index in [1.54, 1.807) is 6.07 Å². The third-order valence-corrected chi connectivity index (χ3v) is 4.04. The van der Waals surface area contributed by atoms with Gasteiger partial charge in [0.1, 0.15) is 11.9 Å². The number of hydrogen-bond donors (Lipinski definition) is 1. The van der Waals surface area contributed by atoms with Gasteiger partial charge in [-0.1, -0.05) is 20.3 Å². The van der Waals surface area contributed by atoms with E-state index in [4.69, 9.17) is 5.26 Å². The third-order valence-electron chi connectivity index (χ3n) is 4.04. The maximum atomic E-state index is 13.1. The molecule has 0 amide bonds. The summed E-state index contributed by atoms with van der Waals surface area (Å²) in [6, 6.07) is 6.82. The first-order valence-electron chi connectivity index (χ1n) is 6.96. The van der Waals surface area contributed by atoms with E-state index in [0.717, 1.165) is 18.5 Å². The molecule has 0 aliphatic heterocycles. The van der Waals surface area contributed by atoms with Crippen LogP contribution in [0, 0.1) is 22.6 Å². The molecule has 0 bridgehead atoms. The lowest BCUT2D eigenvalue weighted by Gasteiger charge is -2.22. The molecule has 1 aromatic rings. The molecular formula is C16H21FN2. The lowest BCUT2D eigenvalue weighted by Crippen LogP contribution is -2.19. The minimum absolute atomic E-state index is 0.357. The smallest absolute Gasteiger partial charge is 0.124 e. The number of benzene rings is 1. The van der Waals surface area contributed by atoms with Crippen molar-refractivity contribution < 1.29 is 4.39 Å². The van der Waals surface area contributed by atoms with Gasteiger partial charge in [-0.25, -0.2) is 4.39 Å². The van der Waals surface area contributed by atoms with Crippen molar-refractivity contribution in [1.82, 2.24) is 0 Å². The standard InChI is InChI=1S/C16H21FN2/c1-16(2)8-3-4-14(7-9-16)19-15-6-5-13(17)10-12(15)11-18/h5-6,10,14,19H,3-4,7-9H2,1-2H3. The highest BCUT2D eigenvalue weighted by atomic mass is 19.1. The second-order valence-electron chi connectivity index (χ2n) is 6.24. The molecule has 1 atom stereocenters. The van der Waals surface area contributed by atoms with Crippen LogP contribution in [0.5, 0.6) is 0 Å². The molecule has 0 aromatic heterocycles. The highest BCUT2D eigenvalue weighted by Crippen LogP contribution is 2.34. The van der Waals surface area contributed by atoms with Gasteiger partial charge in [0.05, 0.1) is 11.3 Å². The van der Waals surface area contributed by atoms with Crippen molar-refractivity contribution >= 4 is 5.69 Å². The van der Waals surface area contributed by atoms with Crippen LogP contribution in [0.25, 0.3) is 0 Å². The Bertz CT molecular complexity index is 488. The summed E-state index contributed by atoms with van der Waals surface area (Å²) in [7, 11) is 0. The highest BCUT2D eigenvalue weighted by Gasteiger charge is 2.24. The summed E-state index contributed by atoms with van der Waals surface area (Å²) in [6.07, 6.45) is 5.86. The Hall–Kier alpha value is -1.56. The molecule has 1 aromatic carbocycles. The molecule has 2 rings (SSSR count). The van der Waals surface area contributed by atoms with Crippen molar-refractivity contribution in [3.63, 3.8) is 0 Å². The SMILES string of the molecule is CC1(C)CCCC(Nc2ccc(F)cc2C#N)CC1. The van der Waals surface area contributed by atoms with Gasteiger partial charge in [-0.05, 0) is 49.3 Å². The van der Waals surface area contributed by atoms with Crippen molar-refractivity contribution in [2.45, 2.75) is 52.0 Å². The van der Waals surface area contributed by atoms with Crippen LogP contribution in [0.2, 0.25) is 0 Å². The Morgan fingerprint density at radius 3 is 2.84 bits per heavy atom. The average Bonchev–Trinajstić information content (AvgIpc) is 2.53. The maximum absolute atomic E-state index is 13.1. The van der Waals surface area contributed by atoms with Gasteiger partial charge >= 0.3 is 0 Å². The summed E-state index contributed by atoms with van der Waals surface area (Å²) >= 11 is 0. The lowest BCUT2D eigenvalue weighted by molar-refractivity contribution is 0.313. The first kappa shape index (κ1) is 13.9. The van der Waals surface area contributed by atoms with Crippen molar-refractivity contribution in [2.75, 3.05) is 5.32 Å². The molecule has 0 heterocycles. The van der Waals surface area contributed by atoms with E-state index in [0.29, 0.717) is 17.0 Å². The third kappa shape index (κ3) is 3.70. The Labute approximate surface area is 114 Å². The number of nitrogens with zero attached hydrogens (tertiary/aromatic N) is 1. The summed E-state index contributed by atoms with van der Waals surface area (Å²) in [4.78, 5) is 0. The van der Waals surface area contributed by atoms with E-state index in [1.807, 2.05) is 0 Å². The first-order chi connectivity index (χ1) is 9.00. The first-order valence-corrected chi connectivity index (χ1v) is 6.96.